The zero-order valence-electron chi connectivity index (χ0n) is 14.7. The minimum atomic E-state index is -0.255. The van der Waals surface area contributed by atoms with Gasteiger partial charge in [-0.15, -0.1) is 0 Å². The SMILES string of the molecule is CC(C)(CC(=O)NCc1nc(-c2ccc(Cl)cc2)no1)c1ccccc1. The molecule has 0 fully saturated rings. The number of hydrogen-bond donors (Lipinski definition) is 1. The zero-order chi connectivity index (χ0) is 18.6. The normalized spacial score (nSPS) is 11.3. The van der Waals surface area contributed by atoms with Gasteiger partial charge in [-0.25, -0.2) is 0 Å². The number of carbonyl (C=O) groups is 1. The number of carbonyl (C=O) groups excluding carboxylic acids is 1. The fraction of sp³-hybridized carbons (Fsp3) is 0.250. The van der Waals surface area contributed by atoms with Gasteiger partial charge in [-0.3, -0.25) is 4.79 Å². The first-order valence-corrected chi connectivity index (χ1v) is 8.72. The van der Waals surface area contributed by atoms with Crippen molar-refractivity contribution in [2.45, 2.75) is 32.2 Å². The third-order valence-corrected chi connectivity index (χ3v) is 4.42. The van der Waals surface area contributed by atoms with Gasteiger partial charge in [0.25, 0.3) is 0 Å². The number of halogens is 1. The van der Waals surface area contributed by atoms with Gasteiger partial charge in [0.15, 0.2) is 0 Å². The van der Waals surface area contributed by atoms with Crippen molar-refractivity contribution in [2.75, 3.05) is 0 Å². The smallest absolute Gasteiger partial charge is 0.246 e. The van der Waals surface area contributed by atoms with Crippen LogP contribution in [0.25, 0.3) is 11.4 Å². The molecule has 0 saturated carbocycles. The summed E-state index contributed by atoms with van der Waals surface area (Å²) in [6, 6.07) is 17.1. The summed E-state index contributed by atoms with van der Waals surface area (Å²) in [4.78, 5) is 16.6. The molecule has 0 bridgehead atoms. The van der Waals surface area contributed by atoms with Crippen molar-refractivity contribution in [3.8, 4) is 11.4 Å². The lowest BCUT2D eigenvalue weighted by molar-refractivity contribution is -0.122. The maximum atomic E-state index is 12.3. The first kappa shape index (κ1) is 18.1. The van der Waals surface area contributed by atoms with Crippen molar-refractivity contribution in [3.05, 3.63) is 71.1 Å². The Balaban J connectivity index is 1.57. The highest BCUT2D eigenvalue weighted by Gasteiger charge is 2.24. The molecule has 6 heteroatoms. The summed E-state index contributed by atoms with van der Waals surface area (Å²) in [6.07, 6.45) is 0.370. The van der Waals surface area contributed by atoms with Crippen LogP contribution in [0.3, 0.4) is 0 Å². The predicted molar refractivity (Wildman–Crippen MR) is 101 cm³/mol. The molecule has 2 aromatic carbocycles. The van der Waals surface area contributed by atoms with Crippen molar-refractivity contribution in [1.82, 2.24) is 15.5 Å². The van der Waals surface area contributed by atoms with Crippen LogP contribution in [0.1, 0.15) is 31.7 Å². The number of nitrogens with zero attached hydrogens (tertiary/aromatic N) is 2. The molecule has 0 saturated heterocycles. The minimum Gasteiger partial charge on any atom is -0.347 e. The van der Waals surface area contributed by atoms with Gasteiger partial charge in [0, 0.05) is 17.0 Å². The summed E-state index contributed by atoms with van der Waals surface area (Å²) < 4.78 is 5.21. The maximum absolute atomic E-state index is 12.3. The average Bonchev–Trinajstić information content (AvgIpc) is 3.10. The Morgan fingerprint density at radius 3 is 2.50 bits per heavy atom. The molecule has 0 aliphatic heterocycles. The van der Waals surface area contributed by atoms with Gasteiger partial charge in [-0.1, -0.05) is 60.9 Å². The highest BCUT2D eigenvalue weighted by Crippen LogP contribution is 2.26. The second-order valence-electron chi connectivity index (χ2n) is 6.72. The van der Waals surface area contributed by atoms with Crippen LogP contribution in [0.4, 0.5) is 0 Å². The van der Waals surface area contributed by atoms with Gasteiger partial charge >= 0.3 is 0 Å². The first-order valence-electron chi connectivity index (χ1n) is 8.35. The molecule has 3 rings (SSSR count). The van der Waals surface area contributed by atoms with Gasteiger partial charge < -0.3 is 9.84 Å². The molecule has 0 radical (unpaired) electrons. The molecule has 1 N–H and O–H groups in total. The van der Waals surface area contributed by atoms with E-state index in [1.54, 1.807) is 12.1 Å². The van der Waals surface area contributed by atoms with Crippen molar-refractivity contribution in [1.29, 1.82) is 0 Å². The lowest BCUT2D eigenvalue weighted by Gasteiger charge is -2.24. The Morgan fingerprint density at radius 1 is 1.12 bits per heavy atom. The van der Waals surface area contributed by atoms with Crippen molar-refractivity contribution >= 4 is 17.5 Å². The molecule has 26 heavy (non-hydrogen) atoms. The van der Waals surface area contributed by atoms with Crippen LogP contribution in [0.2, 0.25) is 5.02 Å². The van der Waals surface area contributed by atoms with Gasteiger partial charge in [-0.05, 0) is 35.2 Å². The standard InChI is InChI=1S/C20H20ClN3O2/c1-20(2,15-6-4-3-5-7-15)12-17(25)22-13-18-23-19(24-26-18)14-8-10-16(21)11-9-14/h3-11H,12-13H2,1-2H3,(H,22,25). The zero-order valence-corrected chi connectivity index (χ0v) is 15.5. The van der Waals surface area contributed by atoms with E-state index < -0.39 is 0 Å². The molecule has 0 atom stereocenters. The number of nitrogens with one attached hydrogen (secondary N) is 1. The molecule has 1 amide bonds. The summed E-state index contributed by atoms with van der Waals surface area (Å²) in [5.41, 5.74) is 1.67. The molecule has 3 aromatic rings. The topological polar surface area (TPSA) is 68.0 Å². The second-order valence-corrected chi connectivity index (χ2v) is 7.16. The molecular formula is C20H20ClN3O2. The largest absolute Gasteiger partial charge is 0.347 e. The van der Waals surface area contributed by atoms with E-state index in [4.69, 9.17) is 16.1 Å². The van der Waals surface area contributed by atoms with Crippen molar-refractivity contribution in [3.63, 3.8) is 0 Å². The molecule has 0 spiro atoms. The highest BCUT2D eigenvalue weighted by atomic mass is 35.5. The van der Waals surface area contributed by atoms with Gasteiger partial charge in [0.1, 0.15) is 0 Å². The van der Waals surface area contributed by atoms with Crippen LogP contribution in [0, 0.1) is 0 Å². The van der Waals surface area contributed by atoms with Gasteiger partial charge in [0.05, 0.1) is 6.54 Å². The Labute approximate surface area is 157 Å². The van der Waals surface area contributed by atoms with E-state index in [1.807, 2.05) is 56.3 Å². The number of aromatic nitrogens is 2. The summed E-state index contributed by atoms with van der Waals surface area (Å²) >= 11 is 5.87. The van der Waals surface area contributed by atoms with Crippen LogP contribution in [-0.4, -0.2) is 16.0 Å². The number of amides is 1. The first-order chi connectivity index (χ1) is 12.4. The third kappa shape index (κ3) is 4.49. The quantitative estimate of drug-likeness (QED) is 0.700. The fourth-order valence-electron chi connectivity index (χ4n) is 2.67. The molecule has 0 aliphatic carbocycles. The third-order valence-electron chi connectivity index (χ3n) is 4.17. The van der Waals surface area contributed by atoms with Crippen LogP contribution < -0.4 is 5.32 Å². The van der Waals surface area contributed by atoms with E-state index in [2.05, 4.69) is 15.5 Å². The molecule has 0 unspecified atom stereocenters. The molecule has 1 heterocycles. The lowest BCUT2D eigenvalue weighted by Crippen LogP contribution is -2.30. The summed E-state index contributed by atoms with van der Waals surface area (Å²) in [7, 11) is 0. The van der Waals surface area contributed by atoms with Crippen LogP contribution in [0.5, 0.6) is 0 Å². The highest BCUT2D eigenvalue weighted by molar-refractivity contribution is 6.30. The van der Waals surface area contributed by atoms with Gasteiger partial charge in [0.2, 0.25) is 17.6 Å². The fourth-order valence-corrected chi connectivity index (χ4v) is 2.80. The van der Waals surface area contributed by atoms with Gasteiger partial charge in [-0.2, -0.15) is 4.98 Å². The van der Waals surface area contributed by atoms with Crippen molar-refractivity contribution < 1.29 is 9.32 Å². The average molecular weight is 370 g/mol. The summed E-state index contributed by atoms with van der Waals surface area (Å²) in [6.45, 7) is 4.30. The Morgan fingerprint density at radius 2 is 1.81 bits per heavy atom. The minimum absolute atomic E-state index is 0.0647. The molecule has 0 aliphatic rings. The maximum Gasteiger partial charge on any atom is 0.246 e. The van der Waals surface area contributed by atoms with Crippen LogP contribution >= 0.6 is 11.6 Å². The Bertz CT molecular complexity index is 874. The molecular weight excluding hydrogens is 350 g/mol. The number of hydrogen-bond acceptors (Lipinski definition) is 4. The Kier molecular flexibility index (Phi) is 5.38. The van der Waals surface area contributed by atoms with E-state index in [0.717, 1.165) is 11.1 Å². The van der Waals surface area contributed by atoms with Crippen molar-refractivity contribution in [2.24, 2.45) is 0 Å². The van der Waals surface area contributed by atoms with Crippen LogP contribution in [0.15, 0.2) is 59.1 Å². The Hall–Kier alpha value is -2.66. The van der Waals surface area contributed by atoms with E-state index >= 15 is 0 Å². The van der Waals surface area contributed by atoms with E-state index in [0.29, 0.717) is 23.2 Å². The summed E-state index contributed by atoms with van der Waals surface area (Å²) in [5, 5.41) is 7.42. The van der Waals surface area contributed by atoms with E-state index in [1.165, 1.54) is 0 Å². The van der Waals surface area contributed by atoms with E-state index in [-0.39, 0.29) is 17.9 Å². The predicted octanol–water partition coefficient (Wildman–Crippen LogP) is 4.37. The molecule has 134 valence electrons. The molecule has 5 nitrogen and oxygen atoms in total. The lowest BCUT2D eigenvalue weighted by atomic mass is 9.81. The van der Waals surface area contributed by atoms with Crippen LogP contribution in [-0.2, 0) is 16.8 Å². The second kappa shape index (κ2) is 7.70. The number of benzene rings is 2. The molecule has 1 aromatic heterocycles. The number of rotatable bonds is 6. The monoisotopic (exact) mass is 369 g/mol. The summed E-state index contributed by atoms with van der Waals surface area (Å²) in [5.74, 6) is 0.765. The van der Waals surface area contributed by atoms with E-state index in [9.17, 15) is 4.79 Å².